The number of carbonyl (C=O) groups is 1. The maximum Gasteiger partial charge on any atom is 0.229 e. The van der Waals surface area contributed by atoms with Crippen LogP contribution in [0.3, 0.4) is 0 Å². The number of fused-ring (bicyclic) bond motifs is 1. The molecule has 2 fully saturated rings. The standard InChI is InChI=1S/C27H31N7O3/c1-4-32-14-23(25(36)18-5-6-18)22-9-20(7-8-24(22)32)29-27-28-10-16(2)26(30-27)34-12-19(17(3)31-34)11-33-13-21(35)15-37-33/h7-10,12,14,18,21,35H,4-6,11,13,15H2,1-3H3,(H,28,29,30)/t21-/m0/s1. The van der Waals surface area contributed by atoms with Gasteiger partial charge in [-0.05, 0) is 51.8 Å². The molecule has 0 amide bonds. The number of aromatic nitrogens is 5. The van der Waals surface area contributed by atoms with Crippen LogP contribution >= 0.6 is 0 Å². The van der Waals surface area contributed by atoms with Crippen LogP contribution < -0.4 is 5.32 Å². The van der Waals surface area contributed by atoms with Crippen molar-refractivity contribution in [1.82, 2.24) is 29.4 Å². The number of hydrogen-bond acceptors (Lipinski definition) is 8. The van der Waals surface area contributed by atoms with Crippen molar-refractivity contribution in [3.63, 3.8) is 0 Å². The lowest BCUT2D eigenvalue weighted by Crippen LogP contribution is -2.20. The molecule has 10 nitrogen and oxygen atoms in total. The molecule has 6 rings (SSSR count). The Hall–Kier alpha value is -3.60. The molecule has 0 unspecified atom stereocenters. The highest BCUT2D eigenvalue weighted by atomic mass is 16.7. The molecule has 192 valence electrons. The second-order valence-electron chi connectivity index (χ2n) is 9.98. The van der Waals surface area contributed by atoms with Crippen molar-refractivity contribution in [1.29, 1.82) is 0 Å². The first kappa shape index (κ1) is 23.8. The number of rotatable bonds is 8. The van der Waals surface area contributed by atoms with Gasteiger partial charge in [-0.3, -0.25) is 9.63 Å². The number of hydroxylamine groups is 2. The summed E-state index contributed by atoms with van der Waals surface area (Å²) in [7, 11) is 0. The first-order valence-electron chi connectivity index (χ1n) is 12.8. The third-order valence-electron chi connectivity index (χ3n) is 7.06. The Labute approximate surface area is 214 Å². The number of aliphatic hydroxyl groups excluding tert-OH is 1. The molecule has 4 heterocycles. The van der Waals surface area contributed by atoms with Gasteiger partial charge in [0.05, 0.1) is 31.5 Å². The summed E-state index contributed by atoms with van der Waals surface area (Å²) in [6, 6.07) is 6.05. The van der Waals surface area contributed by atoms with Crippen molar-refractivity contribution < 1.29 is 14.7 Å². The minimum absolute atomic E-state index is 0.167. The van der Waals surface area contributed by atoms with Gasteiger partial charge in [0.15, 0.2) is 11.6 Å². The first-order valence-corrected chi connectivity index (χ1v) is 12.8. The summed E-state index contributed by atoms with van der Waals surface area (Å²) in [5.41, 5.74) is 5.43. The van der Waals surface area contributed by atoms with E-state index >= 15 is 0 Å². The number of aryl methyl sites for hydroxylation is 3. The molecule has 10 heteroatoms. The average molecular weight is 502 g/mol. The van der Waals surface area contributed by atoms with Crippen LogP contribution in [0.2, 0.25) is 0 Å². The van der Waals surface area contributed by atoms with E-state index in [2.05, 4.69) is 26.9 Å². The number of nitrogens with zero attached hydrogens (tertiary/aromatic N) is 6. The Morgan fingerprint density at radius 3 is 2.81 bits per heavy atom. The molecule has 1 saturated heterocycles. The topological polar surface area (TPSA) is 110 Å². The predicted octanol–water partition coefficient (Wildman–Crippen LogP) is 3.70. The molecule has 4 aromatic rings. The van der Waals surface area contributed by atoms with Crippen molar-refractivity contribution in [2.24, 2.45) is 5.92 Å². The summed E-state index contributed by atoms with van der Waals surface area (Å²) in [5.74, 6) is 1.53. The van der Waals surface area contributed by atoms with Gasteiger partial charge in [-0.25, -0.2) is 9.67 Å². The molecule has 0 spiro atoms. The second-order valence-corrected chi connectivity index (χ2v) is 9.98. The van der Waals surface area contributed by atoms with E-state index in [1.807, 2.05) is 44.4 Å². The van der Waals surface area contributed by atoms with Gasteiger partial charge in [0.2, 0.25) is 5.95 Å². The van der Waals surface area contributed by atoms with E-state index in [0.717, 1.165) is 58.4 Å². The Morgan fingerprint density at radius 2 is 2.08 bits per heavy atom. The van der Waals surface area contributed by atoms with Crippen LogP contribution in [0.25, 0.3) is 16.7 Å². The summed E-state index contributed by atoms with van der Waals surface area (Å²) in [5, 5.41) is 20.4. The molecule has 2 aliphatic rings. The van der Waals surface area contributed by atoms with Gasteiger partial charge in [0, 0.05) is 64.3 Å². The van der Waals surface area contributed by atoms with Crippen LogP contribution in [-0.4, -0.2) is 59.5 Å². The minimum atomic E-state index is -0.462. The van der Waals surface area contributed by atoms with Crippen LogP contribution in [0.1, 0.15) is 46.9 Å². The van der Waals surface area contributed by atoms with Crippen molar-refractivity contribution >= 4 is 28.3 Å². The van der Waals surface area contributed by atoms with Gasteiger partial charge in [0.1, 0.15) is 0 Å². The molecule has 1 aromatic carbocycles. The number of benzene rings is 1. The van der Waals surface area contributed by atoms with E-state index in [9.17, 15) is 9.90 Å². The highest BCUT2D eigenvalue weighted by Gasteiger charge is 2.32. The third-order valence-corrected chi connectivity index (χ3v) is 7.06. The molecule has 1 aliphatic heterocycles. The lowest BCUT2D eigenvalue weighted by Gasteiger charge is -2.12. The van der Waals surface area contributed by atoms with Crippen molar-refractivity contribution in [3.05, 3.63) is 59.2 Å². The largest absolute Gasteiger partial charge is 0.389 e. The maximum absolute atomic E-state index is 12.9. The van der Waals surface area contributed by atoms with E-state index in [1.54, 1.807) is 15.9 Å². The van der Waals surface area contributed by atoms with Crippen LogP contribution in [0.4, 0.5) is 11.6 Å². The number of ketones is 1. The molecule has 2 N–H and O–H groups in total. The third kappa shape index (κ3) is 4.63. The van der Waals surface area contributed by atoms with E-state index in [4.69, 9.17) is 9.82 Å². The maximum atomic E-state index is 12.9. The SMILES string of the molecule is CCn1cc(C(=O)C2CC2)c2cc(Nc3ncc(C)c(-n4cc(CN5C[C@H](O)CO5)c(C)n4)n3)ccc21. The van der Waals surface area contributed by atoms with E-state index in [0.29, 0.717) is 31.5 Å². The van der Waals surface area contributed by atoms with Crippen LogP contribution in [0.15, 0.2) is 36.8 Å². The molecule has 1 aliphatic carbocycles. The van der Waals surface area contributed by atoms with Gasteiger partial charge in [0.25, 0.3) is 0 Å². The number of β-amino-alcohol motifs (C(OH)–C–C–N with tert-alkyl or cyclic N) is 1. The molecule has 1 atom stereocenters. The highest BCUT2D eigenvalue weighted by molar-refractivity contribution is 6.10. The predicted molar refractivity (Wildman–Crippen MR) is 139 cm³/mol. The van der Waals surface area contributed by atoms with Crippen molar-refractivity contribution in [2.45, 2.75) is 52.8 Å². The molecular weight excluding hydrogens is 470 g/mol. The molecule has 0 radical (unpaired) electrons. The Kier molecular flexibility index (Phi) is 6.02. The summed E-state index contributed by atoms with van der Waals surface area (Å²) < 4.78 is 3.89. The number of anilines is 2. The zero-order valence-corrected chi connectivity index (χ0v) is 21.3. The fourth-order valence-corrected chi connectivity index (χ4v) is 4.84. The van der Waals surface area contributed by atoms with Crippen molar-refractivity contribution in [2.75, 3.05) is 18.5 Å². The van der Waals surface area contributed by atoms with Gasteiger partial charge in [-0.15, -0.1) is 0 Å². The first-order chi connectivity index (χ1) is 17.9. The number of carbonyl (C=O) groups excluding carboxylic acids is 1. The molecular formula is C27H31N7O3. The van der Waals surface area contributed by atoms with E-state index < -0.39 is 6.10 Å². The van der Waals surface area contributed by atoms with E-state index in [-0.39, 0.29) is 11.7 Å². The van der Waals surface area contributed by atoms with Crippen LogP contribution in [0, 0.1) is 19.8 Å². The van der Waals surface area contributed by atoms with Gasteiger partial charge >= 0.3 is 0 Å². The summed E-state index contributed by atoms with van der Waals surface area (Å²) in [6.07, 6.45) is 7.21. The number of aliphatic hydroxyl groups is 1. The van der Waals surface area contributed by atoms with Gasteiger partial charge < -0.3 is 15.0 Å². The molecule has 37 heavy (non-hydrogen) atoms. The zero-order chi connectivity index (χ0) is 25.7. The Bertz CT molecular complexity index is 1490. The number of Topliss-reactive ketones (excluding diaryl/α,β-unsaturated/α-hetero) is 1. The fraction of sp³-hybridized carbons (Fsp3) is 0.407. The lowest BCUT2D eigenvalue weighted by atomic mass is 10.1. The second kappa shape index (κ2) is 9.37. The van der Waals surface area contributed by atoms with Crippen LogP contribution in [0.5, 0.6) is 0 Å². The normalized spacial score (nSPS) is 18.1. The fourth-order valence-electron chi connectivity index (χ4n) is 4.84. The number of nitrogens with one attached hydrogen (secondary N) is 1. The molecule has 1 saturated carbocycles. The van der Waals surface area contributed by atoms with Gasteiger partial charge in [-0.2, -0.15) is 15.1 Å². The highest BCUT2D eigenvalue weighted by Crippen LogP contribution is 2.36. The molecule has 0 bridgehead atoms. The monoisotopic (exact) mass is 501 g/mol. The van der Waals surface area contributed by atoms with Gasteiger partial charge in [-0.1, -0.05) is 0 Å². The quantitative estimate of drug-likeness (QED) is 0.352. The minimum Gasteiger partial charge on any atom is -0.389 e. The summed E-state index contributed by atoms with van der Waals surface area (Å²) >= 11 is 0. The smallest absolute Gasteiger partial charge is 0.229 e. The van der Waals surface area contributed by atoms with Crippen LogP contribution in [-0.2, 0) is 17.9 Å². The van der Waals surface area contributed by atoms with Crippen molar-refractivity contribution in [3.8, 4) is 5.82 Å². The number of hydrogen-bond donors (Lipinski definition) is 2. The summed E-state index contributed by atoms with van der Waals surface area (Å²) in [4.78, 5) is 27.7. The van der Waals surface area contributed by atoms with E-state index in [1.165, 1.54) is 0 Å². The summed E-state index contributed by atoms with van der Waals surface area (Å²) in [6.45, 7) is 8.13. The Balaban J connectivity index is 1.27. The lowest BCUT2D eigenvalue weighted by molar-refractivity contribution is -0.118. The Morgan fingerprint density at radius 1 is 1.24 bits per heavy atom. The zero-order valence-electron chi connectivity index (χ0n) is 21.3. The molecule has 3 aromatic heterocycles. The average Bonchev–Trinajstić information content (AvgIpc) is 3.43.